The molecule has 12 nitrogen and oxygen atoms in total. The van der Waals surface area contributed by atoms with Gasteiger partial charge in [0, 0.05) is 52.6 Å². The Balaban J connectivity index is 1.64. The number of hydrogen-bond acceptors (Lipinski definition) is 11. The predicted molar refractivity (Wildman–Crippen MR) is 162 cm³/mol. The minimum atomic E-state index is -1.64. The molecule has 45 heavy (non-hydrogen) atoms. The van der Waals surface area contributed by atoms with Crippen molar-refractivity contribution in [3.05, 3.63) is 48.0 Å². The number of fused-ring (bicyclic) bond motifs is 1. The summed E-state index contributed by atoms with van der Waals surface area (Å²) in [4.78, 5) is 27.6. The summed E-state index contributed by atoms with van der Waals surface area (Å²) in [5.41, 5.74) is 0.579. The van der Waals surface area contributed by atoms with E-state index in [1.165, 1.54) is 7.11 Å². The summed E-state index contributed by atoms with van der Waals surface area (Å²) in [5, 5.41) is 2.91. The lowest BCUT2D eigenvalue weighted by molar-refractivity contribution is -0.333. The topological polar surface area (TPSA) is 129 Å². The van der Waals surface area contributed by atoms with Crippen molar-refractivity contribution < 1.29 is 52.2 Å². The summed E-state index contributed by atoms with van der Waals surface area (Å²) < 4.78 is 53.6. The van der Waals surface area contributed by atoms with Crippen LogP contribution in [0.25, 0.3) is 0 Å². The summed E-state index contributed by atoms with van der Waals surface area (Å²) in [6, 6.07) is 8.41. The van der Waals surface area contributed by atoms with E-state index >= 15 is 0 Å². The fourth-order valence-electron chi connectivity index (χ4n) is 6.47. The molecule has 3 aliphatic heterocycles. The number of carbonyl (C=O) groups excluding carboxylic acids is 2. The molecule has 3 aliphatic rings. The maximum absolute atomic E-state index is 14.3. The van der Waals surface area contributed by atoms with Crippen molar-refractivity contribution in [2.75, 3.05) is 41.8 Å². The first kappa shape index (κ1) is 35.4. The van der Waals surface area contributed by atoms with Crippen molar-refractivity contribution in [3.63, 3.8) is 0 Å². The van der Waals surface area contributed by atoms with E-state index in [2.05, 4.69) is 11.9 Å². The third-order valence-electron chi connectivity index (χ3n) is 9.44. The second-order valence-corrected chi connectivity index (χ2v) is 12.6. The molecule has 3 heterocycles. The van der Waals surface area contributed by atoms with Gasteiger partial charge in [-0.1, -0.05) is 51.1 Å². The average molecular weight is 636 g/mol. The minimum Gasteiger partial charge on any atom is -0.443 e. The molecule has 0 unspecified atom stereocenters. The van der Waals surface area contributed by atoms with E-state index in [0.717, 1.165) is 5.57 Å². The number of esters is 1. The maximum Gasteiger partial charge on any atom is 0.339 e. The van der Waals surface area contributed by atoms with Gasteiger partial charge in [-0.05, 0) is 19.1 Å². The van der Waals surface area contributed by atoms with Crippen LogP contribution in [0.4, 0.5) is 0 Å². The maximum atomic E-state index is 14.3. The van der Waals surface area contributed by atoms with Crippen LogP contribution in [-0.2, 0) is 47.4 Å². The Labute approximate surface area is 265 Å². The van der Waals surface area contributed by atoms with E-state index < -0.39 is 53.7 Å². The Bertz CT molecular complexity index is 1160. The van der Waals surface area contributed by atoms with Gasteiger partial charge >= 0.3 is 5.97 Å². The van der Waals surface area contributed by atoms with E-state index in [1.807, 2.05) is 27.7 Å². The number of methoxy groups -OCH3 is 4. The number of carbonyl (C=O) groups is 2. The van der Waals surface area contributed by atoms with Gasteiger partial charge in [-0.2, -0.15) is 0 Å². The SMILES string of the molecule is C=C1C[C@](OC)([C@H](OC(=O)c2ccccc2)C(=O)N[C@H]2OCO[C@H]3[C@@H]2O[C@H](C[C@@H](COC)OC)C(C)(C)[C@@H]3OC)O[C@H](C)[C@@H]1C. The standard InChI is InChI=1S/C33H49NO11/c1-19-16-33(40-9,45-21(3)20(19)2)28(44-31(36)22-13-11-10-12-14-22)29(35)34-30-26-25(41-18-42-30)27(39-8)32(4,5)24(43-26)15-23(38-7)17-37-6/h10-14,20-21,23-28,30H,1,15-18H2,2-9H3,(H,34,35)/t20-,21-,23+,24-,25+,26+,27-,28-,30+,33-/m1/s1. The van der Waals surface area contributed by atoms with Gasteiger partial charge in [0.15, 0.2) is 6.23 Å². The molecule has 1 aromatic carbocycles. The van der Waals surface area contributed by atoms with E-state index in [0.29, 0.717) is 13.0 Å². The molecule has 1 amide bonds. The highest BCUT2D eigenvalue weighted by Crippen LogP contribution is 2.44. The van der Waals surface area contributed by atoms with Gasteiger partial charge in [-0.3, -0.25) is 4.79 Å². The van der Waals surface area contributed by atoms with Gasteiger partial charge in [0.1, 0.15) is 19.0 Å². The van der Waals surface area contributed by atoms with E-state index in [1.54, 1.807) is 51.7 Å². The lowest BCUT2D eigenvalue weighted by Crippen LogP contribution is -2.69. The zero-order valence-electron chi connectivity index (χ0n) is 27.6. The third-order valence-corrected chi connectivity index (χ3v) is 9.44. The summed E-state index contributed by atoms with van der Waals surface area (Å²) in [7, 11) is 6.28. The lowest BCUT2D eigenvalue weighted by Gasteiger charge is -2.54. The van der Waals surface area contributed by atoms with E-state index in [9.17, 15) is 9.59 Å². The highest BCUT2D eigenvalue weighted by Gasteiger charge is 2.58. The Morgan fingerprint density at radius 3 is 2.38 bits per heavy atom. The van der Waals surface area contributed by atoms with Gasteiger partial charge in [-0.25, -0.2) is 4.79 Å². The van der Waals surface area contributed by atoms with Crippen LogP contribution in [0.1, 0.15) is 50.9 Å². The van der Waals surface area contributed by atoms with E-state index in [-0.39, 0.29) is 43.0 Å². The van der Waals surface area contributed by atoms with Crippen LogP contribution in [0.5, 0.6) is 0 Å². The largest absolute Gasteiger partial charge is 0.443 e. The third kappa shape index (κ3) is 7.44. The van der Waals surface area contributed by atoms with E-state index in [4.69, 9.17) is 42.6 Å². The molecule has 252 valence electrons. The molecule has 0 radical (unpaired) electrons. The van der Waals surface area contributed by atoms with Crippen molar-refractivity contribution in [1.29, 1.82) is 0 Å². The highest BCUT2D eigenvalue weighted by molar-refractivity contribution is 5.92. The van der Waals surface area contributed by atoms with Gasteiger partial charge in [0.25, 0.3) is 5.91 Å². The molecule has 0 spiro atoms. The fourth-order valence-corrected chi connectivity index (χ4v) is 6.47. The number of hydrogen-bond donors (Lipinski definition) is 1. The number of amides is 1. The predicted octanol–water partition coefficient (Wildman–Crippen LogP) is 3.23. The molecule has 3 saturated heterocycles. The molecular formula is C33H49NO11. The quantitative estimate of drug-likeness (QED) is 0.269. The van der Waals surface area contributed by atoms with Gasteiger partial charge in [0.2, 0.25) is 11.9 Å². The highest BCUT2D eigenvalue weighted by atomic mass is 16.7. The molecular weight excluding hydrogens is 586 g/mol. The second kappa shape index (κ2) is 15.0. The normalized spacial score (nSPS) is 34.3. The zero-order valence-corrected chi connectivity index (χ0v) is 27.6. The molecule has 0 aliphatic carbocycles. The van der Waals surface area contributed by atoms with Crippen LogP contribution in [0, 0.1) is 11.3 Å². The Kier molecular flexibility index (Phi) is 11.8. The van der Waals surface area contributed by atoms with Gasteiger partial charge in [-0.15, -0.1) is 0 Å². The first-order valence-corrected chi connectivity index (χ1v) is 15.3. The first-order valence-electron chi connectivity index (χ1n) is 15.3. The Morgan fingerprint density at radius 1 is 1.07 bits per heavy atom. The van der Waals surface area contributed by atoms with Crippen molar-refractivity contribution in [2.24, 2.45) is 11.3 Å². The average Bonchev–Trinajstić information content (AvgIpc) is 3.02. The monoisotopic (exact) mass is 635 g/mol. The van der Waals surface area contributed by atoms with Crippen LogP contribution >= 0.6 is 0 Å². The Hall–Kier alpha value is -2.42. The van der Waals surface area contributed by atoms with Crippen LogP contribution in [0.3, 0.4) is 0 Å². The molecule has 12 heteroatoms. The Morgan fingerprint density at radius 2 is 1.78 bits per heavy atom. The van der Waals surface area contributed by atoms with Crippen LogP contribution in [0.2, 0.25) is 0 Å². The van der Waals surface area contributed by atoms with Gasteiger partial charge < -0.3 is 47.9 Å². The second-order valence-electron chi connectivity index (χ2n) is 12.6. The lowest BCUT2D eigenvalue weighted by atomic mass is 9.72. The van der Waals surface area contributed by atoms with Crippen molar-refractivity contribution >= 4 is 11.9 Å². The smallest absolute Gasteiger partial charge is 0.339 e. The van der Waals surface area contributed by atoms with Crippen molar-refractivity contribution in [2.45, 2.75) is 95.3 Å². The zero-order chi connectivity index (χ0) is 32.9. The molecule has 1 N–H and O–H groups in total. The molecule has 0 saturated carbocycles. The number of nitrogens with one attached hydrogen (secondary N) is 1. The molecule has 4 rings (SSSR count). The van der Waals surface area contributed by atoms with Crippen molar-refractivity contribution in [3.8, 4) is 0 Å². The summed E-state index contributed by atoms with van der Waals surface area (Å²) in [6.07, 6.45) is -4.61. The van der Waals surface area contributed by atoms with Crippen LogP contribution in [-0.4, -0.2) is 108 Å². The minimum absolute atomic E-state index is 0.00247. The summed E-state index contributed by atoms with van der Waals surface area (Å²) in [5.74, 6) is -3.04. The first-order chi connectivity index (χ1) is 21.4. The molecule has 0 bridgehead atoms. The summed E-state index contributed by atoms with van der Waals surface area (Å²) >= 11 is 0. The van der Waals surface area contributed by atoms with Crippen molar-refractivity contribution in [1.82, 2.24) is 5.32 Å². The molecule has 10 atom stereocenters. The number of rotatable bonds is 12. The van der Waals surface area contributed by atoms with Crippen LogP contribution < -0.4 is 5.32 Å². The molecule has 3 fully saturated rings. The molecule has 1 aromatic rings. The number of benzene rings is 1. The molecule has 0 aromatic heterocycles. The summed E-state index contributed by atoms with van der Waals surface area (Å²) in [6.45, 7) is 12.4. The van der Waals surface area contributed by atoms with Crippen LogP contribution in [0.15, 0.2) is 42.5 Å². The number of ether oxygens (including phenoxy) is 9. The van der Waals surface area contributed by atoms with Gasteiger partial charge in [0.05, 0.1) is 36.6 Å². The fraction of sp³-hybridized carbons (Fsp3) is 0.697.